The van der Waals surface area contributed by atoms with Crippen molar-refractivity contribution in [2.45, 2.75) is 20.3 Å². The number of thiazole rings is 1. The molecule has 30 heavy (non-hydrogen) atoms. The first-order valence-electron chi connectivity index (χ1n) is 10.3. The van der Waals surface area contributed by atoms with E-state index < -0.39 is 0 Å². The molecule has 1 aromatic heterocycles. The molecule has 0 N–H and O–H groups in total. The van der Waals surface area contributed by atoms with Gasteiger partial charge in [0.1, 0.15) is 0 Å². The highest BCUT2D eigenvalue weighted by Gasteiger charge is 2.23. The van der Waals surface area contributed by atoms with Gasteiger partial charge in [0, 0.05) is 30.7 Å². The molecule has 2 aromatic carbocycles. The number of fused-ring (bicyclic) bond motifs is 1. The number of hydrogen-bond acceptors (Lipinski definition) is 5. The number of amides is 1. The number of halogens is 1. The Morgan fingerprint density at radius 3 is 2.73 bits per heavy atom. The molecule has 1 saturated heterocycles. The van der Waals surface area contributed by atoms with Gasteiger partial charge in [-0.1, -0.05) is 29.5 Å². The van der Waals surface area contributed by atoms with Crippen LogP contribution < -0.4 is 4.90 Å². The zero-order chi connectivity index (χ0) is 21.1. The Morgan fingerprint density at radius 1 is 1.20 bits per heavy atom. The van der Waals surface area contributed by atoms with E-state index in [4.69, 9.17) is 9.72 Å². The number of morpholine rings is 1. The van der Waals surface area contributed by atoms with Crippen LogP contribution in [0, 0.1) is 13.8 Å². The van der Waals surface area contributed by atoms with Gasteiger partial charge in [-0.05, 0) is 65.5 Å². The molecule has 0 aliphatic carbocycles. The summed E-state index contributed by atoms with van der Waals surface area (Å²) in [6.07, 6.45) is 0.893. The Balaban J connectivity index is 1.62. The predicted octanol–water partition coefficient (Wildman–Crippen LogP) is 5.04. The number of carbonyl (C=O) groups is 1. The molecule has 0 atom stereocenters. The maximum Gasteiger partial charge on any atom is 0.261 e. The van der Waals surface area contributed by atoms with Crippen LogP contribution in [0.15, 0.2) is 40.9 Å². The monoisotopic (exact) mass is 487 g/mol. The second kappa shape index (κ2) is 9.56. The van der Waals surface area contributed by atoms with Crippen LogP contribution in [0.3, 0.4) is 0 Å². The molecule has 0 saturated carbocycles. The van der Waals surface area contributed by atoms with Gasteiger partial charge >= 0.3 is 0 Å². The molecule has 1 fully saturated rings. The van der Waals surface area contributed by atoms with Crippen LogP contribution in [-0.4, -0.2) is 55.2 Å². The Morgan fingerprint density at radius 2 is 1.97 bits per heavy atom. The molecule has 5 nitrogen and oxygen atoms in total. The molecule has 0 unspecified atom stereocenters. The summed E-state index contributed by atoms with van der Waals surface area (Å²) in [5.74, 6) is -0.0158. The van der Waals surface area contributed by atoms with E-state index in [0.29, 0.717) is 12.1 Å². The zero-order valence-electron chi connectivity index (χ0n) is 17.4. The number of aryl methyl sites for hydroxylation is 2. The fraction of sp³-hybridized carbons (Fsp3) is 0.391. The van der Waals surface area contributed by atoms with Gasteiger partial charge in [-0.3, -0.25) is 14.6 Å². The first-order valence-corrected chi connectivity index (χ1v) is 11.9. The smallest absolute Gasteiger partial charge is 0.261 e. The minimum absolute atomic E-state index is 0.0158. The topological polar surface area (TPSA) is 45.7 Å². The summed E-state index contributed by atoms with van der Waals surface area (Å²) >= 11 is 5.13. The molecule has 7 heteroatoms. The predicted molar refractivity (Wildman–Crippen MR) is 127 cm³/mol. The van der Waals surface area contributed by atoms with E-state index in [1.54, 1.807) is 11.3 Å². The highest BCUT2D eigenvalue weighted by Crippen LogP contribution is 2.33. The molecule has 1 aliphatic rings. The first kappa shape index (κ1) is 21.4. The van der Waals surface area contributed by atoms with Crippen molar-refractivity contribution in [1.29, 1.82) is 0 Å². The van der Waals surface area contributed by atoms with E-state index in [1.165, 1.54) is 11.1 Å². The van der Waals surface area contributed by atoms with Crippen LogP contribution in [0.4, 0.5) is 5.13 Å². The van der Waals surface area contributed by atoms with Gasteiger partial charge in [-0.15, -0.1) is 0 Å². The molecule has 158 valence electrons. The van der Waals surface area contributed by atoms with Crippen molar-refractivity contribution in [1.82, 2.24) is 9.88 Å². The molecular weight excluding hydrogens is 462 g/mol. The van der Waals surface area contributed by atoms with E-state index >= 15 is 0 Å². The van der Waals surface area contributed by atoms with Crippen molar-refractivity contribution < 1.29 is 9.53 Å². The zero-order valence-corrected chi connectivity index (χ0v) is 19.8. The summed E-state index contributed by atoms with van der Waals surface area (Å²) in [6.45, 7) is 9.27. The fourth-order valence-electron chi connectivity index (χ4n) is 3.67. The maximum absolute atomic E-state index is 13.5. The van der Waals surface area contributed by atoms with E-state index in [9.17, 15) is 4.79 Å². The lowest BCUT2D eigenvalue weighted by Crippen LogP contribution is -2.39. The molecular formula is C23H26BrN3O2S. The van der Waals surface area contributed by atoms with Gasteiger partial charge in [-0.25, -0.2) is 4.98 Å². The van der Waals surface area contributed by atoms with Gasteiger partial charge in [0.2, 0.25) is 0 Å². The van der Waals surface area contributed by atoms with E-state index in [1.807, 2.05) is 29.2 Å². The van der Waals surface area contributed by atoms with Gasteiger partial charge < -0.3 is 4.74 Å². The quantitative estimate of drug-likeness (QED) is 0.488. The maximum atomic E-state index is 13.5. The molecule has 1 amide bonds. The number of aromatic nitrogens is 1. The highest BCUT2D eigenvalue weighted by atomic mass is 79.9. The summed E-state index contributed by atoms with van der Waals surface area (Å²) in [4.78, 5) is 22.6. The van der Waals surface area contributed by atoms with Gasteiger partial charge in [0.25, 0.3) is 5.91 Å². The van der Waals surface area contributed by atoms with Crippen molar-refractivity contribution in [3.8, 4) is 0 Å². The third kappa shape index (κ3) is 4.59. The summed E-state index contributed by atoms with van der Waals surface area (Å²) in [5.41, 5.74) is 4.05. The van der Waals surface area contributed by atoms with Crippen molar-refractivity contribution in [3.05, 3.63) is 57.6 Å². The number of nitrogens with zero attached hydrogens (tertiary/aromatic N) is 3. The standard InChI is InChI=1S/C23H26BrN3O2S/c1-16-8-9-20-21(17(16)2)25-23(30-20)27(11-5-10-26-12-14-29-15-13-26)22(28)18-6-3-4-7-19(18)24/h3-4,6-9H,5,10-15H2,1-2H3. The summed E-state index contributed by atoms with van der Waals surface area (Å²) in [6, 6.07) is 11.8. The third-order valence-corrected chi connectivity index (χ3v) is 7.35. The first-order chi connectivity index (χ1) is 14.5. The van der Waals surface area contributed by atoms with Gasteiger partial charge in [-0.2, -0.15) is 0 Å². The van der Waals surface area contributed by atoms with Crippen molar-refractivity contribution in [3.63, 3.8) is 0 Å². The second-order valence-corrected chi connectivity index (χ2v) is 9.46. The summed E-state index contributed by atoms with van der Waals surface area (Å²) < 4.78 is 7.36. The molecule has 1 aliphatic heterocycles. The highest BCUT2D eigenvalue weighted by molar-refractivity contribution is 9.10. The fourth-order valence-corrected chi connectivity index (χ4v) is 5.17. The van der Waals surface area contributed by atoms with Gasteiger partial charge in [0.05, 0.1) is 29.0 Å². The molecule has 3 aromatic rings. The van der Waals surface area contributed by atoms with E-state index in [2.05, 4.69) is 46.8 Å². The van der Waals surface area contributed by atoms with Crippen molar-refractivity contribution in [2.75, 3.05) is 44.3 Å². The van der Waals surface area contributed by atoms with Crippen LogP contribution in [0.1, 0.15) is 27.9 Å². The average Bonchev–Trinajstić information content (AvgIpc) is 3.19. The lowest BCUT2D eigenvalue weighted by atomic mass is 10.1. The molecule has 0 radical (unpaired) electrons. The van der Waals surface area contributed by atoms with Crippen LogP contribution in [-0.2, 0) is 4.74 Å². The Bertz CT molecular complexity index is 1050. The van der Waals surface area contributed by atoms with Gasteiger partial charge in [0.15, 0.2) is 5.13 Å². The Hall–Kier alpha value is -1.80. The second-order valence-electron chi connectivity index (χ2n) is 7.59. The molecule has 0 spiro atoms. The third-order valence-electron chi connectivity index (χ3n) is 5.61. The van der Waals surface area contributed by atoms with E-state index in [-0.39, 0.29) is 5.91 Å². The number of hydrogen-bond donors (Lipinski definition) is 0. The van der Waals surface area contributed by atoms with Crippen molar-refractivity contribution in [2.24, 2.45) is 0 Å². The minimum atomic E-state index is -0.0158. The molecule has 4 rings (SSSR count). The normalized spacial score (nSPS) is 14.9. The van der Waals surface area contributed by atoms with E-state index in [0.717, 1.165) is 59.1 Å². The summed E-state index contributed by atoms with van der Waals surface area (Å²) in [5, 5.41) is 0.765. The lowest BCUT2D eigenvalue weighted by molar-refractivity contribution is 0.0376. The molecule has 2 heterocycles. The Labute approximate surface area is 189 Å². The molecule has 0 bridgehead atoms. The number of ether oxygens (including phenoxy) is 1. The Kier molecular flexibility index (Phi) is 6.83. The van der Waals surface area contributed by atoms with Crippen molar-refractivity contribution >= 4 is 48.5 Å². The lowest BCUT2D eigenvalue weighted by Gasteiger charge is -2.27. The number of anilines is 1. The van der Waals surface area contributed by atoms with Crippen LogP contribution >= 0.6 is 27.3 Å². The van der Waals surface area contributed by atoms with Crippen LogP contribution in [0.5, 0.6) is 0 Å². The van der Waals surface area contributed by atoms with Crippen LogP contribution in [0.2, 0.25) is 0 Å². The number of benzene rings is 2. The number of rotatable bonds is 6. The summed E-state index contributed by atoms with van der Waals surface area (Å²) in [7, 11) is 0. The minimum Gasteiger partial charge on any atom is -0.379 e. The largest absolute Gasteiger partial charge is 0.379 e. The number of carbonyl (C=O) groups excluding carboxylic acids is 1. The average molecular weight is 488 g/mol. The SMILES string of the molecule is Cc1ccc2sc(N(CCCN3CCOCC3)C(=O)c3ccccc3Br)nc2c1C. The van der Waals surface area contributed by atoms with Crippen LogP contribution in [0.25, 0.3) is 10.2 Å².